The van der Waals surface area contributed by atoms with E-state index in [0.29, 0.717) is 5.56 Å². The summed E-state index contributed by atoms with van der Waals surface area (Å²) < 4.78 is 25.4. The van der Waals surface area contributed by atoms with Crippen molar-refractivity contribution in [2.24, 2.45) is 7.05 Å². The smallest absolute Gasteiger partial charge is 0.201 e. The second-order valence-corrected chi connectivity index (χ2v) is 7.72. The van der Waals surface area contributed by atoms with Crippen molar-refractivity contribution >= 4 is 0 Å². The van der Waals surface area contributed by atoms with E-state index in [-0.39, 0.29) is 5.41 Å². The van der Waals surface area contributed by atoms with E-state index in [4.69, 9.17) is 4.11 Å². The Morgan fingerprint density at radius 1 is 0.880 bits per heavy atom. The Morgan fingerprint density at radius 2 is 1.64 bits per heavy atom. The Morgan fingerprint density at radius 3 is 2.40 bits per heavy atom. The molecule has 0 spiro atoms. The van der Waals surface area contributed by atoms with Gasteiger partial charge in [-0.1, -0.05) is 50.2 Å². The number of nitrogens with zero attached hydrogens (tertiary/aromatic N) is 1. The summed E-state index contributed by atoms with van der Waals surface area (Å²) in [6.45, 7) is 6.47. The van der Waals surface area contributed by atoms with E-state index < -0.39 is 6.85 Å². The predicted octanol–water partition coefficient (Wildman–Crippen LogP) is 5.41. The summed E-state index contributed by atoms with van der Waals surface area (Å²) in [5.41, 5.74) is 9.81. The maximum absolute atomic E-state index is 7.82. The van der Waals surface area contributed by atoms with Crippen molar-refractivity contribution in [1.82, 2.24) is 0 Å². The summed E-state index contributed by atoms with van der Waals surface area (Å²) in [6, 6.07) is 15.1. The maximum atomic E-state index is 7.82. The predicted molar refractivity (Wildman–Crippen MR) is 105 cm³/mol. The molecule has 2 aromatic carbocycles. The molecule has 1 nitrogen and oxygen atoms in total. The summed E-state index contributed by atoms with van der Waals surface area (Å²) in [4.78, 5) is 0. The monoisotopic (exact) mass is 331 g/mol. The zero-order valence-electron chi connectivity index (χ0n) is 18.6. The summed E-state index contributed by atoms with van der Waals surface area (Å²) in [5, 5.41) is 0. The zero-order valence-corrected chi connectivity index (χ0v) is 15.6. The van der Waals surface area contributed by atoms with Crippen LogP contribution in [0.25, 0.3) is 22.4 Å². The van der Waals surface area contributed by atoms with Gasteiger partial charge in [-0.25, -0.2) is 4.57 Å². The molecule has 1 heterocycles. The fourth-order valence-electron chi connectivity index (χ4n) is 4.23. The third kappa shape index (κ3) is 2.18. The largest absolute Gasteiger partial charge is 0.213 e. The second kappa shape index (κ2) is 5.29. The summed E-state index contributed by atoms with van der Waals surface area (Å²) in [6.07, 6.45) is 1.77. The van der Waals surface area contributed by atoms with Crippen molar-refractivity contribution in [2.45, 2.75) is 40.0 Å². The molecule has 1 heteroatoms. The number of pyridine rings is 1. The van der Waals surface area contributed by atoms with E-state index in [1.54, 1.807) is 6.20 Å². The number of fused-ring (bicyclic) bond motifs is 3. The van der Waals surface area contributed by atoms with Gasteiger partial charge in [-0.3, -0.25) is 0 Å². The van der Waals surface area contributed by atoms with Crippen LogP contribution in [-0.4, -0.2) is 0 Å². The summed E-state index contributed by atoms with van der Waals surface area (Å²) in [7, 11) is 1.94. The molecule has 0 bridgehead atoms. The van der Waals surface area contributed by atoms with Crippen LogP contribution in [0.15, 0.2) is 48.7 Å². The Hall–Kier alpha value is -2.41. The maximum Gasteiger partial charge on any atom is 0.213 e. The van der Waals surface area contributed by atoms with E-state index in [0.717, 1.165) is 11.3 Å². The molecular weight excluding hydrogens is 302 g/mol. The number of aryl methyl sites for hydroxylation is 4. The first-order valence-electron chi connectivity index (χ1n) is 10.3. The van der Waals surface area contributed by atoms with E-state index in [1.807, 2.05) is 24.6 Å². The van der Waals surface area contributed by atoms with Gasteiger partial charge in [0.25, 0.3) is 0 Å². The third-order valence-corrected chi connectivity index (χ3v) is 5.69. The molecule has 0 N–H and O–H groups in total. The van der Waals surface area contributed by atoms with Gasteiger partial charge >= 0.3 is 0 Å². The first-order valence-corrected chi connectivity index (χ1v) is 8.78. The average Bonchev–Trinajstić information content (AvgIpc) is 2.84. The molecule has 3 aromatic rings. The van der Waals surface area contributed by atoms with Gasteiger partial charge in [0, 0.05) is 26.7 Å². The van der Waals surface area contributed by atoms with Gasteiger partial charge in [0.2, 0.25) is 5.69 Å². The molecule has 0 amide bonds. The Labute approximate surface area is 155 Å². The van der Waals surface area contributed by atoms with Crippen LogP contribution in [0.3, 0.4) is 0 Å². The van der Waals surface area contributed by atoms with Crippen molar-refractivity contribution in [2.75, 3.05) is 0 Å². The lowest BCUT2D eigenvalue weighted by molar-refractivity contribution is -0.660. The fraction of sp³-hybridized carbons (Fsp3) is 0.292. The lowest BCUT2D eigenvalue weighted by atomic mass is 9.81. The topological polar surface area (TPSA) is 3.88 Å². The van der Waals surface area contributed by atoms with Crippen molar-refractivity contribution < 1.29 is 8.68 Å². The van der Waals surface area contributed by atoms with Crippen LogP contribution < -0.4 is 4.57 Å². The highest BCUT2D eigenvalue weighted by Crippen LogP contribution is 2.52. The molecule has 126 valence electrons. The molecule has 4 rings (SSSR count). The van der Waals surface area contributed by atoms with Gasteiger partial charge in [0.15, 0.2) is 6.20 Å². The second-order valence-electron chi connectivity index (χ2n) is 7.72. The zero-order chi connectivity index (χ0) is 20.4. The molecule has 0 atom stereocenters. The van der Waals surface area contributed by atoms with Crippen LogP contribution in [0.2, 0.25) is 0 Å². The molecule has 1 aromatic heterocycles. The summed E-state index contributed by atoms with van der Waals surface area (Å²) >= 11 is 0. The van der Waals surface area contributed by atoms with E-state index >= 15 is 0 Å². The molecule has 1 aliphatic rings. The van der Waals surface area contributed by atoms with Crippen molar-refractivity contribution in [3.8, 4) is 22.4 Å². The van der Waals surface area contributed by atoms with Crippen LogP contribution in [0.4, 0.5) is 0 Å². The minimum atomic E-state index is -2.11. The lowest BCUT2D eigenvalue weighted by Crippen LogP contribution is -2.32. The highest BCUT2D eigenvalue weighted by atomic mass is 14.9. The Balaban J connectivity index is 2.06. The quantitative estimate of drug-likeness (QED) is 0.525. The van der Waals surface area contributed by atoms with E-state index in [1.165, 1.54) is 33.4 Å². The number of benzene rings is 2. The molecule has 25 heavy (non-hydrogen) atoms. The SMILES string of the molecule is [2H]C([2H])([2H])c1c[n+](C)c(-c2c(C)ccc3c2-c2ccccc2C3(C)C)cc1C. The molecule has 0 radical (unpaired) electrons. The number of hydrogen-bond donors (Lipinski definition) is 0. The molecule has 0 unspecified atom stereocenters. The van der Waals surface area contributed by atoms with Gasteiger partial charge < -0.3 is 0 Å². The van der Waals surface area contributed by atoms with Crippen molar-refractivity contribution in [3.05, 3.63) is 76.5 Å². The van der Waals surface area contributed by atoms with Crippen LogP contribution in [0.1, 0.15) is 45.8 Å². The molecule has 0 fully saturated rings. The molecule has 1 aliphatic carbocycles. The fourth-order valence-corrected chi connectivity index (χ4v) is 4.23. The van der Waals surface area contributed by atoms with Crippen LogP contribution >= 0.6 is 0 Å². The first-order chi connectivity index (χ1) is 13.0. The van der Waals surface area contributed by atoms with Crippen LogP contribution in [0.5, 0.6) is 0 Å². The standard InChI is InChI=1S/C24H26N/c1-15-11-12-20-23(18-9-7-8-10-19(18)24(20,4)5)22(15)21-13-16(2)17(3)14-25(21)6/h7-14H,1-6H3/q+1/i3D3. The highest BCUT2D eigenvalue weighted by Gasteiger charge is 2.38. The molecular formula is C24H26N+. The van der Waals surface area contributed by atoms with Gasteiger partial charge in [-0.15, -0.1) is 0 Å². The van der Waals surface area contributed by atoms with Gasteiger partial charge in [0.1, 0.15) is 7.05 Å². The molecule has 0 aliphatic heterocycles. The highest BCUT2D eigenvalue weighted by molar-refractivity contribution is 5.92. The number of hydrogen-bond acceptors (Lipinski definition) is 0. The van der Waals surface area contributed by atoms with Crippen LogP contribution in [0, 0.1) is 20.7 Å². The Kier molecular flexibility index (Phi) is 2.73. The van der Waals surface area contributed by atoms with Crippen molar-refractivity contribution in [1.29, 1.82) is 0 Å². The van der Waals surface area contributed by atoms with Crippen LogP contribution in [-0.2, 0) is 12.5 Å². The average molecular weight is 331 g/mol. The van der Waals surface area contributed by atoms with E-state index in [9.17, 15) is 0 Å². The number of aromatic nitrogens is 1. The third-order valence-electron chi connectivity index (χ3n) is 5.69. The number of rotatable bonds is 1. The summed E-state index contributed by atoms with van der Waals surface area (Å²) in [5.74, 6) is 0. The first kappa shape index (κ1) is 12.9. The molecule has 0 saturated heterocycles. The van der Waals surface area contributed by atoms with Gasteiger partial charge in [0.05, 0.1) is 5.56 Å². The Bertz CT molecular complexity index is 1110. The minimum Gasteiger partial charge on any atom is -0.201 e. The normalized spacial score (nSPS) is 16.6. The molecule has 0 saturated carbocycles. The minimum absolute atomic E-state index is 0.0549. The van der Waals surface area contributed by atoms with Gasteiger partial charge in [-0.05, 0) is 48.5 Å². The van der Waals surface area contributed by atoms with Crippen molar-refractivity contribution in [3.63, 3.8) is 0 Å². The van der Waals surface area contributed by atoms with Gasteiger partial charge in [-0.2, -0.15) is 0 Å². The lowest BCUT2D eigenvalue weighted by Gasteiger charge is -2.22. The van der Waals surface area contributed by atoms with E-state index in [2.05, 4.69) is 57.2 Å².